The molecule has 3 nitrogen and oxygen atoms in total. The van der Waals surface area contributed by atoms with E-state index in [1.807, 2.05) is 19.1 Å². The van der Waals surface area contributed by atoms with Crippen molar-refractivity contribution in [1.82, 2.24) is 10.0 Å². The second-order valence-electron chi connectivity index (χ2n) is 5.88. The zero-order chi connectivity index (χ0) is 15.2. The predicted octanol–water partition coefficient (Wildman–Crippen LogP) is 4.62. The smallest absolute Gasteiger partial charge is 0.236 e. The number of hydrazine groups is 1. The molecule has 0 aromatic rings. The van der Waals surface area contributed by atoms with E-state index in [4.69, 9.17) is 0 Å². The van der Waals surface area contributed by atoms with Crippen molar-refractivity contribution in [2.45, 2.75) is 84.5 Å². The Morgan fingerprint density at radius 2 is 1.25 bits per heavy atom. The van der Waals surface area contributed by atoms with Crippen molar-refractivity contribution in [3.05, 3.63) is 0 Å². The van der Waals surface area contributed by atoms with Gasteiger partial charge in [0, 0.05) is 27.1 Å². The molecule has 0 rings (SSSR count). The molecule has 0 atom stereocenters. The van der Waals surface area contributed by atoms with Crippen LogP contribution in [0.4, 0.5) is 0 Å². The van der Waals surface area contributed by atoms with Gasteiger partial charge in [0.15, 0.2) is 0 Å². The topological polar surface area (TPSA) is 23.6 Å². The van der Waals surface area contributed by atoms with E-state index in [0.717, 1.165) is 19.4 Å². The fourth-order valence-electron chi connectivity index (χ4n) is 2.41. The number of carbonyl (C=O) groups excluding carboxylic acids is 1. The van der Waals surface area contributed by atoms with Crippen LogP contribution in [0.25, 0.3) is 0 Å². The number of unbranched alkanes of at least 4 members (excludes halogenated alkanes) is 8. The predicted molar refractivity (Wildman–Crippen MR) is 87.5 cm³/mol. The Hall–Kier alpha value is -0.570. The van der Waals surface area contributed by atoms with Gasteiger partial charge in [-0.3, -0.25) is 9.80 Å². The first-order chi connectivity index (χ1) is 9.63. The highest BCUT2D eigenvalue weighted by Crippen LogP contribution is 2.11. The molecule has 0 bridgehead atoms. The van der Waals surface area contributed by atoms with Crippen LogP contribution in [-0.2, 0) is 4.79 Å². The van der Waals surface area contributed by atoms with Crippen LogP contribution in [0.1, 0.15) is 84.5 Å². The highest BCUT2D eigenvalue weighted by Gasteiger charge is 2.11. The molecular weight excluding hydrogens is 248 g/mol. The summed E-state index contributed by atoms with van der Waals surface area (Å²) >= 11 is 0. The molecule has 0 saturated heterocycles. The van der Waals surface area contributed by atoms with Crippen molar-refractivity contribution < 1.29 is 4.79 Å². The Labute approximate surface area is 126 Å². The number of carbonyl (C=O) groups is 1. The summed E-state index contributed by atoms with van der Waals surface area (Å²) in [5.41, 5.74) is 0. The lowest BCUT2D eigenvalue weighted by molar-refractivity contribution is -0.143. The molecule has 0 saturated carbocycles. The van der Waals surface area contributed by atoms with E-state index >= 15 is 0 Å². The minimum Gasteiger partial charge on any atom is -0.279 e. The average molecular weight is 284 g/mol. The molecule has 0 spiro atoms. The van der Waals surface area contributed by atoms with Crippen LogP contribution in [0.15, 0.2) is 0 Å². The molecule has 0 heterocycles. The Bertz CT molecular complexity index is 231. The molecule has 3 heteroatoms. The average Bonchev–Trinajstić information content (AvgIpc) is 2.44. The van der Waals surface area contributed by atoms with Crippen LogP contribution in [0, 0.1) is 0 Å². The normalized spacial score (nSPS) is 11.1. The molecule has 0 unspecified atom stereocenters. The number of hydrogen-bond acceptors (Lipinski definition) is 2. The van der Waals surface area contributed by atoms with Gasteiger partial charge in [0.2, 0.25) is 5.91 Å². The van der Waals surface area contributed by atoms with Crippen molar-refractivity contribution in [3.63, 3.8) is 0 Å². The van der Waals surface area contributed by atoms with E-state index < -0.39 is 0 Å². The molecule has 0 fully saturated rings. The quantitative estimate of drug-likeness (QED) is 0.364. The van der Waals surface area contributed by atoms with Gasteiger partial charge in [0.05, 0.1) is 0 Å². The lowest BCUT2D eigenvalue weighted by atomic mass is 10.1. The maximum Gasteiger partial charge on any atom is 0.236 e. The molecule has 1 amide bonds. The monoisotopic (exact) mass is 284 g/mol. The lowest BCUT2D eigenvalue weighted by Crippen LogP contribution is -2.41. The van der Waals surface area contributed by atoms with Crippen molar-refractivity contribution in [2.24, 2.45) is 0 Å². The number of amides is 1. The van der Waals surface area contributed by atoms with Crippen molar-refractivity contribution in [2.75, 3.05) is 20.6 Å². The molecule has 0 aromatic carbocycles. The van der Waals surface area contributed by atoms with Gasteiger partial charge in [-0.2, -0.15) is 0 Å². The summed E-state index contributed by atoms with van der Waals surface area (Å²) in [6.45, 7) is 5.33. The van der Waals surface area contributed by atoms with Gasteiger partial charge >= 0.3 is 0 Å². The Morgan fingerprint density at radius 3 is 1.75 bits per heavy atom. The second-order valence-corrected chi connectivity index (χ2v) is 5.88. The van der Waals surface area contributed by atoms with E-state index in [-0.39, 0.29) is 5.91 Å². The zero-order valence-corrected chi connectivity index (χ0v) is 14.3. The molecule has 0 radical (unpaired) electrons. The Kier molecular flexibility index (Phi) is 13.0. The summed E-state index contributed by atoms with van der Waals surface area (Å²) in [6.07, 6.45) is 13.5. The van der Waals surface area contributed by atoms with Crippen LogP contribution in [0.2, 0.25) is 0 Å². The fraction of sp³-hybridized carbons (Fsp3) is 0.941. The summed E-state index contributed by atoms with van der Waals surface area (Å²) in [5, 5.41) is 3.78. The van der Waals surface area contributed by atoms with Crippen LogP contribution < -0.4 is 0 Å². The lowest BCUT2D eigenvalue weighted by Gasteiger charge is -2.27. The van der Waals surface area contributed by atoms with Gasteiger partial charge in [0.1, 0.15) is 0 Å². The first-order valence-corrected chi connectivity index (χ1v) is 8.61. The van der Waals surface area contributed by atoms with Gasteiger partial charge in [-0.1, -0.05) is 65.2 Å². The van der Waals surface area contributed by atoms with Crippen LogP contribution >= 0.6 is 0 Å². The Morgan fingerprint density at radius 1 is 0.750 bits per heavy atom. The first kappa shape index (κ1) is 19.4. The minimum absolute atomic E-state index is 0.254. The minimum atomic E-state index is 0.254. The Balaban J connectivity index is 3.43. The van der Waals surface area contributed by atoms with E-state index in [0.29, 0.717) is 6.42 Å². The van der Waals surface area contributed by atoms with Gasteiger partial charge < -0.3 is 0 Å². The molecule has 0 aliphatic carbocycles. The highest BCUT2D eigenvalue weighted by molar-refractivity contribution is 5.75. The molecule has 120 valence electrons. The van der Waals surface area contributed by atoms with Crippen molar-refractivity contribution in [3.8, 4) is 0 Å². The molecule has 0 aromatic heterocycles. The van der Waals surface area contributed by atoms with Gasteiger partial charge in [0.25, 0.3) is 0 Å². The molecular formula is C17H36N2O. The molecule has 0 aliphatic heterocycles. The summed E-state index contributed by atoms with van der Waals surface area (Å²) < 4.78 is 0. The third kappa shape index (κ3) is 10.2. The SMILES string of the molecule is CCCCCCCCCCCC(=O)N(C)N(C)CCC. The number of hydrogen-bond donors (Lipinski definition) is 0. The largest absolute Gasteiger partial charge is 0.279 e. The van der Waals surface area contributed by atoms with Gasteiger partial charge in [-0.15, -0.1) is 0 Å². The summed E-state index contributed by atoms with van der Waals surface area (Å²) in [6, 6.07) is 0. The van der Waals surface area contributed by atoms with Crippen LogP contribution in [0.3, 0.4) is 0 Å². The van der Waals surface area contributed by atoms with Crippen LogP contribution in [0.5, 0.6) is 0 Å². The highest BCUT2D eigenvalue weighted by atomic mass is 16.2. The van der Waals surface area contributed by atoms with E-state index in [1.54, 1.807) is 5.01 Å². The van der Waals surface area contributed by atoms with E-state index in [9.17, 15) is 4.79 Å². The number of rotatable bonds is 13. The standard InChI is InChI=1S/C17H36N2O/c1-5-7-8-9-10-11-12-13-14-15-17(20)19(4)18(3)16-6-2/h5-16H2,1-4H3. The number of nitrogens with zero attached hydrogens (tertiary/aromatic N) is 2. The molecule has 0 aliphatic rings. The fourth-order valence-corrected chi connectivity index (χ4v) is 2.41. The third-order valence-electron chi connectivity index (χ3n) is 3.91. The maximum absolute atomic E-state index is 12.0. The molecule has 0 N–H and O–H groups in total. The summed E-state index contributed by atoms with van der Waals surface area (Å²) in [4.78, 5) is 12.0. The van der Waals surface area contributed by atoms with Crippen LogP contribution in [-0.4, -0.2) is 36.6 Å². The van der Waals surface area contributed by atoms with E-state index in [2.05, 4.69) is 13.8 Å². The second kappa shape index (κ2) is 13.4. The zero-order valence-electron chi connectivity index (χ0n) is 14.3. The first-order valence-electron chi connectivity index (χ1n) is 8.61. The molecule has 20 heavy (non-hydrogen) atoms. The maximum atomic E-state index is 12.0. The summed E-state index contributed by atoms with van der Waals surface area (Å²) in [7, 11) is 3.86. The van der Waals surface area contributed by atoms with Gasteiger partial charge in [-0.05, 0) is 12.8 Å². The third-order valence-corrected chi connectivity index (χ3v) is 3.91. The summed E-state index contributed by atoms with van der Waals surface area (Å²) in [5.74, 6) is 0.254. The van der Waals surface area contributed by atoms with E-state index in [1.165, 1.54) is 51.4 Å². The van der Waals surface area contributed by atoms with Gasteiger partial charge in [-0.25, -0.2) is 5.01 Å². The van der Waals surface area contributed by atoms with Crippen molar-refractivity contribution >= 4 is 5.91 Å². The van der Waals surface area contributed by atoms with Crippen molar-refractivity contribution in [1.29, 1.82) is 0 Å².